The van der Waals surface area contributed by atoms with E-state index >= 15 is 0 Å². The Bertz CT molecular complexity index is 1550. The zero-order valence-electron chi connectivity index (χ0n) is 36.6. The maximum atomic E-state index is 11.9. The van der Waals surface area contributed by atoms with Gasteiger partial charge in [-0.2, -0.15) is 7.11 Å². The molecule has 0 aromatic carbocycles. The van der Waals surface area contributed by atoms with E-state index in [2.05, 4.69) is 65.8 Å². The molecule has 0 aromatic heterocycles. The molecule has 0 amide bonds. The van der Waals surface area contributed by atoms with Crippen LogP contribution in [0.5, 0.6) is 0 Å². The topological polar surface area (TPSA) is 124 Å². The second kappa shape index (κ2) is 18.9. The summed E-state index contributed by atoms with van der Waals surface area (Å²) in [7, 11) is 1.75. The van der Waals surface area contributed by atoms with Crippen molar-refractivity contribution in [1.82, 2.24) is 0 Å². The standard InChI is InChI=1S/C24H34O3.C22H32O2.CH4O.CH3O.Na/c1-15(14-27-16(2)25)20-7-8-21-19-6-5-17-13-18(26)9-11-23(17,3)22(19)10-12-24(20,21)4;1-14(13-23)18-6-7-19-17-5-4-15-12-16(24)8-10-21(15,2)20(17)9-11-22(18,19)3;2*1-2;/h5-6,13,15,19-22H,7-12,14H2,1-4H3;4-5,12,14,17-20,23H,6-11,13H2,1-3H3;2H,1H3;1H3;/q;;;-1;+1/t15-,19?,20?,21?,22?,23+,24-;14-,17?,18?,19?,20?,21+,22-;;;/m11.../s1. The first-order valence-corrected chi connectivity index (χ1v) is 21.6. The van der Waals surface area contributed by atoms with Crippen molar-refractivity contribution in [2.24, 2.45) is 80.8 Å². The first-order chi connectivity index (χ1) is 26.2. The molecule has 56 heavy (non-hydrogen) atoms. The molecular formula is C48H73NaO7. The number of fused-ring (bicyclic) bond motifs is 10. The van der Waals surface area contributed by atoms with Gasteiger partial charge in [-0.3, -0.25) is 14.4 Å². The Labute approximate surface area is 360 Å². The maximum Gasteiger partial charge on any atom is 1.00 e. The molecule has 8 heteroatoms. The van der Waals surface area contributed by atoms with Crippen LogP contribution in [0.25, 0.3) is 0 Å². The third-order valence-electron chi connectivity index (χ3n) is 17.4. The Kier molecular flexibility index (Phi) is 16.0. The number of aliphatic hydroxyl groups excluding tert-OH is 2. The van der Waals surface area contributed by atoms with E-state index in [4.69, 9.17) is 14.9 Å². The van der Waals surface area contributed by atoms with Crippen LogP contribution < -0.4 is 34.7 Å². The van der Waals surface area contributed by atoms with E-state index in [-0.39, 0.29) is 46.4 Å². The van der Waals surface area contributed by atoms with Gasteiger partial charge in [-0.25, -0.2) is 0 Å². The number of ether oxygens (including phenoxy) is 1. The van der Waals surface area contributed by atoms with Crippen LogP contribution in [0, 0.1) is 80.8 Å². The summed E-state index contributed by atoms with van der Waals surface area (Å²) in [6.45, 7) is 16.7. The number of hydrogen-bond acceptors (Lipinski definition) is 7. The number of carbonyl (C=O) groups excluding carboxylic acids is 3. The third-order valence-corrected chi connectivity index (χ3v) is 17.4. The van der Waals surface area contributed by atoms with E-state index < -0.39 is 0 Å². The molecule has 0 aromatic rings. The van der Waals surface area contributed by atoms with Crippen LogP contribution in [-0.2, 0) is 19.1 Å². The number of aliphatic hydroxyl groups is 2. The number of rotatable bonds is 5. The summed E-state index contributed by atoms with van der Waals surface area (Å²) < 4.78 is 5.35. The van der Waals surface area contributed by atoms with Gasteiger partial charge in [0.15, 0.2) is 11.6 Å². The first kappa shape index (κ1) is 47.3. The van der Waals surface area contributed by atoms with Crippen molar-refractivity contribution in [3.8, 4) is 0 Å². The van der Waals surface area contributed by atoms with Crippen molar-refractivity contribution in [3.05, 3.63) is 47.6 Å². The van der Waals surface area contributed by atoms with E-state index in [0.29, 0.717) is 95.3 Å². The van der Waals surface area contributed by atoms with Gasteiger partial charge in [0.1, 0.15) is 0 Å². The molecule has 4 fully saturated rings. The minimum Gasteiger partial charge on any atom is -0.857 e. The monoisotopic (exact) mass is 785 g/mol. The third kappa shape index (κ3) is 8.36. The van der Waals surface area contributed by atoms with Crippen LogP contribution in [0.2, 0.25) is 0 Å². The molecular weight excluding hydrogens is 712 g/mol. The van der Waals surface area contributed by atoms with E-state index in [1.54, 1.807) is 0 Å². The molecule has 8 aliphatic carbocycles. The van der Waals surface area contributed by atoms with Gasteiger partial charge in [0.05, 0.1) is 6.61 Å². The fourth-order valence-corrected chi connectivity index (χ4v) is 14.4. The van der Waals surface area contributed by atoms with Gasteiger partial charge in [0.25, 0.3) is 0 Å². The number of allylic oxidation sites excluding steroid dienone is 8. The van der Waals surface area contributed by atoms with Crippen molar-refractivity contribution < 1.29 is 64.0 Å². The van der Waals surface area contributed by atoms with Crippen LogP contribution in [0.15, 0.2) is 47.6 Å². The molecule has 308 valence electrons. The van der Waals surface area contributed by atoms with Gasteiger partial charge in [-0.15, -0.1) is 0 Å². The van der Waals surface area contributed by atoms with E-state index in [0.717, 1.165) is 39.4 Å². The van der Waals surface area contributed by atoms with E-state index in [9.17, 15) is 19.5 Å². The predicted octanol–water partition coefficient (Wildman–Crippen LogP) is 5.24. The molecule has 0 heterocycles. The predicted molar refractivity (Wildman–Crippen MR) is 216 cm³/mol. The molecule has 8 rings (SSSR count). The van der Waals surface area contributed by atoms with Crippen molar-refractivity contribution in [1.29, 1.82) is 0 Å². The van der Waals surface area contributed by atoms with Crippen LogP contribution in [0.4, 0.5) is 0 Å². The molecule has 7 nitrogen and oxygen atoms in total. The van der Waals surface area contributed by atoms with Crippen LogP contribution in [0.1, 0.15) is 126 Å². The minimum absolute atomic E-state index is 0. The SMILES string of the molecule is CC(=O)OC[C@@H](C)C1CCC2C3C=CC4=CC(=O)CC[C@]4(C)C3CC[C@@]21C.CO.C[C@H](CO)C1CCC2C3C=CC4=CC(=O)CC[C@]4(C)C3CC[C@@]21C.C[O-].[Na+]. The number of hydrogen-bond donors (Lipinski definition) is 2. The average Bonchev–Trinajstić information content (AvgIpc) is 3.73. The molecule has 0 radical (unpaired) electrons. The van der Waals surface area contributed by atoms with Gasteiger partial charge in [-0.1, -0.05) is 65.8 Å². The Morgan fingerprint density at radius 3 is 1.52 bits per heavy atom. The fourth-order valence-electron chi connectivity index (χ4n) is 14.4. The van der Waals surface area contributed by atoms with Crippen LogP contribution in [-0.4, -0.2) is 55.2 Å². The van der Waals surface area contributed by atoms with Crippen molar-refractivity contribution in [2.75, 3.05) is 27.4 Å². The second-order valence-corrected chi connectivity index (χ2v) is 19.7. The van der Waals surface area contributed by atoms with E-state index in [1.807, 2.05) is 12.2 Å². The molecule has 14 atom stereocenters. The summed E-state index contributed by atoms with van der Waals surface area (Å²) >= 11 is 0. The maximum absolute atomic E-state index is 11.9. The number of esters is 1. The summed E-state index contributed by atoms with van der Waals surface area (Å²) in [5.74, 6) is 6.71. The normalized spacial score (nSPS) is 42.1. The van der Waals surface area contributed by atoms with Gasteiger partial charge in [0, 0.05) is 33.5 Å². The largest absolute Gasteiger partial charge is 1.00 e. The van der Waals surface area contributed by atoms with Gasteiger partial charge < -0.3 is 20.1 Å². The molecule has 8 aliphatic rings. The zero-order valence-corrected chi connectivity index (χ0v) is 38.6. The minimum atomic E-state index is -0.167. The molecule has 0 spiro atoms. The fraction of sp³-hybridized carbons (Fsp3) is 0.771. The number of ketones is 2. The average molecular weight is 785 g/mol. The molecule has 0 bridgehead atoms. The number of carbonyl (C=O) groups is 3. The Hall–Kier alpha value is -1.35. The Morgan fingerprint density at radius 1 is 0.714 bits per heavy atom. The van der Waals surface area contributed by atoms with Crippen LogP contribution in [0.3, 0.4) is 0 Å². The molecule has 0 saturated heterocycles. The van der Waals surface area contributed by atoms with E-state index in [1.165, 1.54) is 69.4 Å². The van der Waals surface area contributed by atoms with Gasteiger partial charge in [0.2, 0.25) is 0 Å². The summed E-state index contributed by atoms with van der Waals surface area (Å²) in [5, 5.41) is 24.9. The zero-order chi connectivity index (χ0) is 40.5. The summed E-state index contributed by atoms with van der Waals surface area (Å²) in [4.78, 5) is 35.1. The summed E-state index contributed by atoms with van der Waals surface area (Å²) in [6.07, 6.45) is 27.0. The smallest absolute Gasteiger partial charge is 0.857 e. The molecule has 4 saturated carbocycles. The Morgan fingerprint density at radius 2 is 1.12 bits per heavy atom. The van der Waals surface area contributed by atoms with Crippen LogP contribution >= 0.6 is 0 Å². The first-order valence-electron chi connectivity index (χ1n) is 21.6. The Balaban J connectivity index is 0.000000226. The van der Waals surface area contributed by atoms with Crippen molar-refractivity contribution >= 4 is 17.5 Å². The summed E-state index contributed by atoms with van der Waals surface area (Å²) in [6, 6.07) is 0. The molecule has 2 N–H and O–H groups in total. The molecule has 8 unspecified atom stereocenters. The quantitative estimate of drug-likeness (QED) is 0.289. The van der Waals surface area contributed by atoms with Gasteiger partial charge in [-0.05, 0) is 168 Å². The van der Waals surface area contributed by atoms with Gasteiger partial charge >= 0.3 is 35.5 Å². The molecule has 0 aliphatic heterocycles. The second-order valence-electron chi connectivity index (χ2n) is 19.7. The van der Waals surface area contributed by atoms with Crippen molar-refractivity contribution in [3.63, 3.8) is 0 Å². The van der Waals surface area contributed by atoms with Crippen molar-refractivity contribution in [2.45, 2.75) is 126 Å². The summed E-state index contributed by atoms with van der Waals surface area (Å²) in [5.41, 5.74) is 3.68.